The summed E-state index contributed by atoms with van der Waals surface area (Å²) < 4.78 is 0. The van der Waals surface area contributed by atoms with Crippen LogP contribution in [0.25, 0.3) is 0 Å². The van der Waals surface area contributed by atoms with Crippen LogP contribution >= 0.6 is 0 Å². The largest absolute Gasteiger partial charge is 0.291 e. The fourth-order valence-electron chi connectivity index (χ4n) is 3.55. The summed E-state index contributed by atoms with van der Waals surface area (Å²) in [5.41, 5.74) is 1.39. The molecule has 2 aliphatic heterocycles. The van der Waals surface area contributed by atoms with E-state index in [1.807, 2.05) is 13.0 Å². The third-order valence-electron chi connectivity index (χ3n) is 4.78. The third kappa shape index (κ3) is 2.72. The minimum Gasteiger partial charge on any atom is -0.291 e. The molecule has 1 aromatic rings. The fraction of sp³-hybridized carbons (Fsp3) is 0.529. The summed E-state index contributed by atoms with van der Waals surface area (Å²) >= 11 is 0. The number of carbonyl (C=O) groups excluding carboxylic acids is 2. The van der Waals surface area contributed by atoms with Gasteiger partial charge in [0.15, 0.2) is 0 Å². The molecule has 0 radical (unpaired) electrons. The van der Waals surface area contributed by atoms with Crippen molar-refractivity contribution in [1.29, 1.82) is 0 Å². The first-order valence-corrected chi connectivity index (χ1v) is 7.84. The van der Waals surface area contributed by atoms with Gasteiger partial charge in [0.25, 0.3) is 0 Å². The van der Waals surface area contributed by atoms with Crippen LogP contribution in [0.1, 0.15) is 37.7 Å². The lowest BCUT2D eigenvalue weighted by molar-refractivity contribution is -0.139. The Morgan fingerprint density at radius 3 is 2.33 bits per heavy atom. The standard InChI is InChI=1S/C17H22N2O2/c1-2-19-16(20)12-15(17(19)21)18-10-8-14(9-11-18)13-6-4-3-5-7-13/h3-7,14-15H,2,8-12H2,1H3/t15-/m1/s1. The molecule has 4 nitrogen and oxygen atoms in total. The number of hydrogen-bond donors (Lipinski definition) is 0. The van der Waals surface area contributed by atoms with Crippen molar-refractivity contribution in [2.24, 2.45) is 0 Å². The summed E-state index contributed by atoms with van der Waals surface area (Å²) in [7, 11) is 0. The zero-order valence-corrected chi connectivity index (χ0v) is 12.5. The van der Waals surface area contributed by atoms with Crippen molar-refractivity contribution in [3.05, 3.63) is 35.9 Å². The van der Waals surface area contributed by atoms with Crippen LogP contribution in [0.3, 0.4) is 0 Å². The zero-order chi connectivity index (χ0) is 14.8. The van der Waals surface area contributed by atoms with Crippen molar-refractivity contribution in [3.8, 4) is 0 Å². The van der Waals surface area contributed by atoms with Crippen LogP contribution in [0.15, 0.2) is 30.3 Å². The highest BCUT2D eigenvalue weighted by atomic mass is 16.2. The molecular weight excluding hydrogens is 264 g/mol. The van der Waals surface area contributed by atoms with Crippen LogP contribution in [0.4, 0.5) is 0 Å². The van der Waals surface area contributed by atoms with Crippen molar-refractivity contribution >= 4 is 11.8 Å². The van der Waals surface area contributed by atoms with E-state index in [4.69, 9.17) is 0 Å². The Morgan fingerprint density at radius 2 is 1.76 bits per heavy atom. The molecule has 21 heavy (non-hydrogen) atoms. The minimum absolute atomic E-state index is 0.000612. The van der Waals surface area contributed by atoms with Gasteiger partial charge in [0.05, 0.1) is 12.5 Å². The smallest absolute Gasteiger partial charge is 0.247 e. The molecule has 3 rings (SSSR count). The Kier molecular flexibility index (Phi) is 4.06. The lowest BCUT2D eigenvalue weighted by atomic mass is 9.89. The minimum atomic E-state index is -0.214. The van der Waals surface area contributed by atoms with Gasteiger partial charge in [0, 0.05) is 6.54 Å². The summed E-state index contributed by atoms with van der Waals surface area (Å²) in [6.45, 7) is 4.16. The Balaban J connectivity index is 1.62. The molecule has 0 bridgehead atoms. The second kappa shape index (κ2) is 5.98. The highest BCUT2D eigenvalue weighted by Gasteiger charge is 2.41. The van der Waals surface area contributed by atoms with Crippen molar-refractivity contribution in [2.75, 3.05) is 19.6 Å². The first-order chi connectivity index (χ1) is 10.2. The third-order valence-corrected chi connectivity index (χ3v) is 4.78. The Labute approximate surface area is 125 Å². The van der Waals surface area contributed by atoms with E-state index in [9.17, 15) is 9.59 Å². The number of benzene rings is 1. The average Bonchev–Trinajstić information content (AvgIpc) is 2.82. The summed E-state index contributed by atoms with van der Waals surface area (Å²) in [5, 5.41) is 0. The maximum Gasteiger partial charge on any atom is 0.247 e. The first-order valence-electron chi connectivity index (χ1n) is 7.84. The maximum absolute atomic E-state index is 12.3. The predicted octanol–water partition coefficient (Wildman–Crippen LogP) is 2.01. The van der Waals surface area contributed by atoms with Crippen LogP contribution in [0.5, 0.6) is 0 Å². The van der Waals surface area contributed by atoms with E-state index in [-0.39, 0.29) is 17.9 Å². The normalized spacial score (nSPS) is 24.8. The number of rotatable bonds is 3. The van der Waals surface area contributed by atoms with Gasteiger partial charge in [-0.05, 0) is 44.3 Å². The monoisotopic (exact) mass is 286 g/mol. The average molecular weight is 286 g/mol. The highest BCUT2D eigenvalue weighted by Crippen LogP contribution is 2.30. The quantitative estimate of drug-likeness (QED) is 0.798. The number of likely N-dealkylation sites (N-methyl/N-ethyl adjacent to an activating group) is 1. The molecule has 0 aliphatic carbocycles. The number of likely N-dealkylation sites (tertiary alicyclic amines) is 2. The Morgan fingerprint density at radius 1 is 1.10 bits per heavy atom. The van der Waals surface area contributed by atoms with Gasteiger partial charge in [-0.1, -0.05) is 30.3 Å². The number of carbonyl (C=O) groups is 2. The summed E-state index contributed by atoms with van der Waals surface area (Å²) in [4.78, 5) is 27.7. The van der Waals surface area contributed by atoms with Crippen molar-refractivity contribution < 1.29 is 9.59 Å². The fourth-order valence-corrected chi connectivity index (χ4v) is 3.55. The second-order valence-electron chi connectivity index (χ2n) is 5.92. The summed E-state index contributed by atoms with van der Waals surface area (Å²) in [6, 6.07) is 10.4. The van der Waals surface area contributed by atoms with E-state index in [2.05, 4.69) is 29.2 Å². The van der Waals surface area contributed by atoms with Crippen LogP contribution < -0.4 is 0 Å². The van der Waals surface area contributed by atoms with Gasteiger partial charge in [0.1, 0.15) is 0 Å². The second-order valence-corrected chi connectivity index (χ2v) is 5.92. The molecule has 2 fully saturated rings. The van der Waals surface area contributed by atoms with E-state index in [1.54, 1.807) is 0 Å². The van der Waals surface area contributed by atoms with Crippen molar-refractivity contribution in [3.63, 3.8) is 0 Å². The van der Waals surface area contributed by atoms with Crippen LogP contribution in [0.2, 0.25) is 0 Å². The number of hydrogen-bond acceptors (Lipinski definition) is 3. The summed E-state index contributed by atoms with van der Waals surface area (Å²) in [5.74, 6) is 0.565. The van der Waals surface area contributed by atoms with E-state index in [0.717, 1.165) is 25.9 Å². The molecular formula is C17H22N2O2. The lowest BCUT2D eigenvalue weighted by Crippen LogP contribution is -2.45. The first kappa shape index (κ1) is 14.3. The van der Waals surface area contributed by atoms with Gasteiger partial charge in [-0.3, -0.25) is 19.4 Å². The SMILES string of the molecule is CCN1C(=O)C[C@@H](N2CCC(c3ccccc3)CC2)C1=O. The highest BCUT2D eigenvalue weighted by molar-refractivity contribution is 6.05. The van der Waals surface area contributed by atoms with E-state index in [0.29, 0.717) is 18.9 Å². The van der Waals surface area contributed by atoms with Gasteiger partial charge < -0.3 is 0 Å². The van der Waals surface area contributed by atoms with E-state index >= 15 is 0 Å². The molecule has 0 spiro atoms. The topological polar surface area (TPSA) is 40.6 Å². The molecule has 1 atom stereocenters. The Hall–Kier alpha value is -1.68. The molecule has 0 aromatic heterocycles. The van der Waals surface area contributed by atoms with Gasteiger partial charge >= 0.3 is 0 Å². The van der Waals surface area contributed by atoms with Gasteiger partial charge in [0.2, 0.25) is 11.8 Å². The van der Waals surface area contributed by atoms with E-state index in [1.165, 1.54) is 10.5 Å². The van der Waals surface area contributed by atoms with Crippen molar-refractivity contribution in [1.82, 2.24) is 9.80 Å². The molecule has 2 aliphatic rings. The van der Waals surface area contributed by atoms with Crippen LogP contribution in [-0.4, -0.2) is 47.3 Å². The number of amides is 2. The lowest BCUT2D eigenvalue weighted by Gasteiger charge is -2.35. The molecule has 4 heteroatoms. The van der Waals surface area contributed by atoms with Crippen molar-refractivity contribution in [2.45, 2.75) is 38.1 Å². The molecule has 2 heterocycles. The molecule has 2 amide bonds. The van der Waals surface area contributed by atoms with Gasteiger partial charge in [-0.15, -0.1) is 0 Å². The molecule has 0 saturated carbocycles. The van der Waals surface area contributed by atoms with E-state index < -0.39 is 0 Å². The van der Waals surface area contributed by atoms with Gasteiger partial charge in [-0.2, -0.15) is 0 Å². The predicted molar refractivity (Wildman–Crippen MR) is 80.8 cm³/mol. The Bertz CT molecular complexity index is 521. The van der Waals surface area contributed by atoms with Crippen LogP contribution in [-0.2, 0) is 9.59 Å². The maximum atomic E-state index is 12.3. The summed E-state index contributed by atoms with van der Waals surface area (Å²) in [6.07, 6.45) is 2.49. The molecule has 2 saturated heterocycles. The van der Waals surface area contributed by atoms with Gasteiger partial charge in [-0.25, -0.2) is 0 Å². The number of piperidine rings is 1. The number of imide groups is 1. The molecule has 112 valence electrons. The van der Waals surface area contributed by atoms with Crippen LogP contribution in [0, 0.1) is 0 Å². The molecule has 1 aromatic carbocycles. The molecule has 0 N–H and O–H groups in total. The zero-order valence-electron chi connectivity index (χ0n) is 12.5. The molecule has 0 unspecified atom stereocenters. The number of nitrogens with zero attached hydrogens (tertiary/aromatic N) is 2.